The summed E-state index contributed by atoms with van der Waals surface area (Å²) in [5.74, 6) is 0. The van der Waals surface area contributed by atoms with E-state index in [-0.39, 0.29) is 0 Å². The molecule has 0 atom stereocenters. The van der Waals surface area contributed by atoms with E-state index in [0.717, 1.165) is 37.3 Å². The smallest absolute Gasteiger partial charge is 0.253 e. The van der Waals surface area contributed by atoms with Crippen LogP contribution in [0.25, 0.3) is 0 Å². The van der Waals surface area contributed by atoms with Gasteiger partial charge in [-0.05, 0) is 28.6 Å². The van der Waals surface area contributed by atoms with Crippen molar-refractivity contribution >= 4 is 27.0 Å². The van der Waals surface area contributed by atoms with E-state index < -0.39 is 10.0 Å². The summed E-state index contributed by atoms with van der Waals surface area (Å²) in [6.45, 7) is 4.81. The van der Waals surface area contributed by atoms with E-state index in [9.17, 15) is 8.42 Å². The second kappa shape index (κ2) is 5.90. The van der Waals surface area contributed by atoms with Crippen LogP contribution in [0.2, 0.25) is 0 Å². The van der Waals surface area contributed by atoms with Crippen molar-refractivity contribution < 1.29 is 8.42 Å². The predicted molar refractivity (Wildman–Crippen MR) is 92.3 cm³/mol. The molecule has 2 aromatic rings. The molecule has 122 valence electrons. The first-order chi connectivity index (χ1) is 11.2. The standard InChI is InChI=1S/C16H19N3O2S2/c20-23(21,16-5-2-10-22-16)19-11-13-3-1-4-15(14(13)12-19)18-8-6-17-7-9-18/h1-5,10,17H,6-9,11-12H2. The lowest BCUT2D eigenvalue weighted by Gasteiger charge is -2.31. The number of sulfonamides is 1. The van der Waals surface area contributed by atoms with Gasteiger partial charge in [-0.3, -0.25) is 0 Å². The van der Waals surface area contributed by atoms with Crippen LogP contribution in [-0.4, -0.2) is 38.9 Å². The fraction of sp³-hybridized carbons (Fsp3) is 0.375. The summed E-state index contributed by atoms with van der Waals surface area (Å²) in [7, 11) is -3.39. The molecule has 0 aliphatic carbocycles. The van der Waals surface area contributed by atoms with E-state index >= 15 is 0 Å². The number of hydrogen-bond acceptors (Lipinski definition) is 5. The van der Waals surface area contributed by atoms with Gasteiger partial charge in [-0.1, -0.05) is 18.2 Å². The normalized spacial score (nSPS) is 19.0. The lowest BCUT2D eigenvalue weighted by molar-refractivity contribution is 0.433. The van der Waals surface area contributed by atoms with Crippen molar-refractivity contribution in [2.75, 3.05) is 31.1 Å². The van der Waals surface area contributed by atoms with Crippen LogP contribution in [0, 0.1) is 0 Å². The average molecular weight is 349 g/mol. The van der Waals surface area contributed by atoms with Crippen LogP contribution in [-0.2, 0) is 23.1 Å². The lowest BCUT2D eigenvalue weighted by atomic mass is 10.1. The second-order valence-electron chi connectivity index (χ2n) is 5.86. The number of benzene rings is 1. The Kier molecular flexibility index (Phi) is 3.88. The minimum absolute atomic E-state index is 0.425. The van der Waals surface area contributed by atoms with Gasteiger partial charge in [-0.2, -0.15) is 4.31 Å². The van der Waals surface area contributed by atoms with Crippen molar-refractivity contribution in [2.24, 2.45) is 0 Å². The summed E-state index contributed by atoms with van der Waals surface area (Å²) in [5.41, 5.74) is 3.48. The van der Waals surface area contributed by atoms with Gasteiger partial charge in [0, 0.05) is 45.0 Å². The molecule has 7 heteroatoms. The van der Waals surface area contributed by atoms with Gasteiger partial charge in [0.05, 0.1) is 0 Å². The van der Waals surface area contributed by atoms with Crippen molar-refractivity contribution in [3.63, 3.8) is 0 Å². The second-order valence-corrected chi connectivity index (χ2v) is 8.97. The third-order valence-corrected chi connectivity index (χ3v) is 7.64. The highest BCUT2D eigenvalue weighted by atomic mass is 32.2. The van der Waals surface area contributed by atoms with Gasteiger partial charge >= 0.3 is 0 Å². The molecule has 1 saturated heterocycles. The monoisotopic (exact) mass is 349 g/mol. The molecule has 2 aliphatic rings. The van der Waals surface area contributed by atoms with Crippen LogP contribution < -0.4 is 10.2 Å². The molecule has 23 heavy (non-hydrogen) atoms. The zero-order valence-electron chi connectivity index (χ0n) is 12.7. The number of nitrogens with zero attached hydrogens (tertiary/aromatic N) is 2. The summed E-state index contributed by atoms with van der Waals surface area (Å²) in [6, 6.07) is 9.67. The Balaban J connectivity index is 1.65. The minimum atomic E-state index is -3.39. The zero-order valence-corrected chi connectivity index (χ0v) is 14.4. The molecule has 0 amide bonds. The first-order valence-electron chi connectivity index (χ1n) is 7.76. The molecule has 0 unspecified atom stereocenters. The number of piperazine rings is 1. The first kappa shape index (κ1) is 15.1. The maximum Gasteiger partial charge on any atom is 0.253 e. The summed E-state index contributed by atoms with van der Waals surface area (Å²) in [5, 5.41) is 5.16. The third kappa shape index (κ3) is 2.67. The van der Waals surface area contributed by atoms with Gasteiger partial charge in [0.25, 0.3) is 10.0 Å². The van der Waals surface area contributed by atoms with Crippen molar-refractivity contribution in [1.82, 2.24) is 9.62 Å². The Bertz CT molecular complexity index is 797. The minimum Gasteiger partial charge on any atom is -0.369 e. The van der Waals surface area contributed by atoms with Crippen LogP contribution in [0.5, 0.6) is 0 Å². The highest BCUT2D eigenvalue weighted by Crippen LogP contribution is 2.35. The SMILES string of the molecule is O=S(=O)(c1cccs1)N1Cc2cccc(N3CCNCC3)c2C1. The largest absolute Gasteiger partial charge is 0.369 e. The Morgan fingerprint density at radius 3 is 2.61 bits per heavy atom. The topological polar surface area (TPSA) is 52.7 Å². The molecule has 1 aromatic heterocycles. The number of thiophene rings is 1. The van der Waals surface area contributed by atoms with E-state index in [2.05, 4.69) is 16.3 Å². The van der Waals surface area contributed by atoms with Gasteiger partial charge < -0.3 is 10.2 Å². The zero-order chi connectivity index (χ0) is 15.9. The summed E-state index contributed by atoms with van der Waals surface area (Å²) < 4.78 is 27.5. The van der Waals surface area contributed by atoms with E-state index in [1.165, 1.54) is 17.0 Å². The van der Waals surface area contributed by atoms with Gasteiger partial charge in [-0.15, -0.1) is 11.3 Å². The molecule has 5 nitrogen and oxygen atoms in total. The summed E-state index contributed by atoms with van der Waals surface area (Å²) >= 11 is 1.28. The van der Waals surface area contributed by atoms with Gasteiger partial charge in [0.2, 0.25) is 0 Å². The van der Waals surface area contributed by atoms with Crippen LogP contribution in [0.1, 0.15) is 11.1 Å². The van der Waals surface area contributed by atoms with Crippen LogP contribution >= 0.6 is 11.3 Å². The van der Waals surface area contributed by atoms with E-state index in [1.54, 1.807) is 16.4 Å². The molecule has 1 N–H and O–H groups in total. The molecule has 0 bridgehead atoms. The molecular formula is C16H19N3O2S2. The van der Waals surface area contributed by atoms with Crippen LogP contribution in [0.15, 0.2) is 39.9 Å². The number of hydrogen-bond donors (Lipinski definition) is 1. The fourth-order valence-corrected chi connectivity index (χ4v) is 5.81. The van der Waals surface area contributed by atoms with E-state index in [0.29, 0.717) is 17.3 Å². The molecule has 4 rings (SSSR count). The number of rotatable bonds is 3. The maximum atomic E-state index is 12.8. The average Bonchev–Trinajstić information content (AvgIpc) is 3.25. The van der Waals surface area contributed by atoms with Crippen LogP contribution in [0.3, 0.4) is 0 Å². The molecule has 1 aromatic carbocycles. The Hall–Kier alpha value is -1.41. The van der Waals surface area contributed by atoms with Crippen LogP contribution in [0.4, 0.5) is 5.69 Å². The van der Waals surface area contributed by atoms with Gasteiger partial charge in [-0.25, -0.2) is 8.42 Å². The van der Waals surface area contributed by atoms with Crippen molar-refractivity contribution in [2.45, 2.75) is 17.3 Å². The molecule has 1 fully saturated rings. The van der Waals surface area contributed by atoms with Gasteiger partial charge in [0.1, 0.15) is 4.21 Å². The van der Waals surface area contributed by atoms with Gasteiger partial charge in [0.15, 0.2) is 0 Å². The Morgan fingerprint density at radius 1 is 1.04 bits per heavy atom. The quantitative estimate of drug-likeness (QED) is 0.919. The molecule has 0 spiro atoms. The number of nitrogens with one attached hydrogen (secondary N) is 1. The molecular weight excluding hydrogens is 330 g/mol. The lowest BCUT2D eigenvalue weighted by Crippen LogP contribution is -2.43. The maximum absolute atomic E-state index is 12.8. The van der Waals surface area contributed by atoms with E-state index in [4.69, 9.17) is 0 Å². The van der Waals surface area contributed by atoms with Crippen molar-refractivity contribution in [1.29, 1.82) is 0 Å². The van der Waals surface area contributed by atoms with Crippen molar-refractivity contribution in [3.8, 4) is 0 Å². The number of fused-ring (bicyclic) bond motifs is 1. The highest BCUT2D eigenvalue weighted by Gasteiger charge is 2.33. The third-order valence-electron chi connectivity index (χ3n) is 4.48. The first-order valence-corrected chi connectivity index (χ1v) is 10.1. The molecule has 3 heterocycles. The Morgan fingerprint density at radius 2 is 1.87 bits per heavy atom. The predicted octanol–water partition coefficient (Wildman–Crippen LogP) is 1.86. The summed E-state index contributed by atoms with van der Waals surface area (Å²) in [4.78, 5) is 2.36. The van der Waals surface area contributed by atoms with E-state index in [1.807, 2.05) is 17.5 Å². The number of anilines is 1. The Labute approximate surface area is 140 Å². The van der Waals surface area contributed by atoms with Crippen molar-refractivity contribution in [3.05, 3.63) is 46.8 Å². The fourth-order valence-electron chi connectivity index (χ4n) is 3.28. The molecule has 0 radical (unpaired) electrons. The molecule has 0 saturated carbocycles. The highest BCUT2D eigenvalue weighted by molar-refractivity contribution is 7.91. The summed E-state index contributed by atoms with van der Waals surface area (Å²) in [6.07, 6.45) is 0. The molecule has 2 aliphatic heterocycles.